The highest BCUT2D eigenvalue weighted by Crippen LogP contribution is 2.28. The summed E-state index contributed by atoms with van der Waals surface area (Å²) in [6.45, 7) is 10.8. The lowest BCUT2D eigenvalue weighted by molar-refractivity contribution is 0.590. The summed E-state index contributed by atoms with van der Waals surface area (Å²) in [6, 6.07) is 8.47. The minimum atomic E-state index is 0.166. The Labute approximate surface area is 121 Å². The van der Waals surface area contributed by atoms with Crippen LogP contribution in [0.5, 0.6) is 0 Å². The molecule has 0 amide bonds. The number of rotatable bonds is 2. The van der Waals surface area contributed by atoms with E-state index < -0.39 is 0 Å². The average Bonchev–Trinajstić information content (AvgIpc) is 2.35. The number of pyridine rings is 1. The number of nitrogens with zero attached hydrogens (tertiary/aromatic N) is 1. The molecule has 3 N–H and O–H groups in total. The molecule has 3 nitrogen and oxygen atoms in total. The summed E-state index contributed by atoms with van der Waals surface area (Å²) < 4.78 is 0. The van der Waals surface area contributed by atoms with Gasteiger partial charge in [-0.3, -0.25) is 0 Å². The van der Waals surface area contributed by atoms with Crippen LogP contribution < -0.4 is 11.1 Å². The second-order valence-corrected chi connectivity index (χ2v) is 6.33. The molecule has 0 aliphatic carbocycles. The van der Waals surface area contributed by atoms with E-state index in [9.17, 15) is 0 Å². The molecule has 0 radical (unpaired) electrons. The van der Waals surface area contributed by atoms with E-state index in [1.165, 1.54) is 11.1 Å². The van der Waals surface area contributed by atoms with Crippen molar-refractivity contribution in [2.75, 3.05) is 11.1 Å². The number of aromatic nitrogens is 1. The molecule has 0 unspecified atom stereocenters. The predicted molar refractivity (Wildman–Crippen MR) is 86.5 cm³/mol. The fraction of sp³-hybridized carbons (Fsp3) is 0.353. The molecule has 0 atom stereocenters. The molecule has 106 valence electrons. The summed E-state index contributed by atoms with van der Waals surface area (Å²) in [6.07, 6.45) is 1.69. The lowest BCUT2D eigenvalue weighted by Crippen LogP contribution is -2.11. The van der Waals surface area contributed by atoms with E-state index in [1.807, 2.05) is 13.0 Å². The summed E-state index contributed by atoms with van der Waals surface area (Å²) in [5.74, 6) is 0.823. The second kappa shape index (κ2) is 5.16. The fourth-order valence-electron chi connectivity index (χ4n) is 2.04. The number of hydrogen-bond donors (Lipinski definition) is 2. The largest absolute Gasteiger partial charge is 0.397 e. The number of nitrogens with two attached hydrogens (primary N) is 1. The Morgan fingerprint density at radius 3 is 2.30 bits per heavy atom. The van der Waals surface area contributed by atoms with E-state index >= 15 is 0 Å². The molecule has 0 saturated heterocycles. The highest BCUT2D eigenvalue weighted by molar-refractivity contribution is 5.63. The molecule has 0 aliphatic rings. The number of aryl methyl sites for hydroxylation is 2. The van der Waals surface area contributed by atoms with Crippen LogP contribution >= 0.6 is 0 Å². The van der Waals surface area contributed by atoms with Crippen molar-refractivity contribution in [3.63, 3.8) is 0 Å². The number of nitrogens with one attached hydrogen (secondary N) is 1. The molecule has 0 saturated carbocycles. The molecular weight excluding hydrogens is 246 g/mol. The summed E-state index contributed by atoms with van der Waals surface area (Å²) in [7, 11) is 0. The molecule has 0 bridgehead atoms. The van der Waals surface area contributed by atoms with Crippen molar-refractivity contribution in [3.05, 3.63) is 47.2 Å². The first kappa shape index (κ1) is 14.4. The summed E-state index contributed by atoms with van der Waals surface area (Å²) in [4.78, 5) is 4.31. The van der Waals surface area contributed by atoms with Gasteiger partial charge < -0.3 is 11.1 Å². The number of benzene rings is 1. The minimum absolute atomic E-state index is 0.166. The van der Waals surface area contributed by atoms with E-state index in [-0.39, 0.29) is 5.41 Å². The van der Waals surface area contributed by atoms with E-state index in [4.69, 9.17) is 5.73 Å². The van der Waals surface area contributed by atoms with Gasteiger partial charge in [-0.05, 0) is 48.1 Å². The van der Waals surface area contributed by atoms with Crippen molar-refractivity contribution in [1.29, 1.82) is 0 Å². The Morgan fingerprint density at radius 1 is 1.05 bits per heavy atom. The molecule has 1 aromatic carbocycles. The zero-order valence-corrected chi connectivity index (χ0v) is 12.9. The third kappa shape index (κ3) is 3.10. The normalized spacial score (nSPS) is 11.4. The smallest absolute Gasteiger partial charge is 0.130 e. The molecule has 1 aromatic heterocycles. The molecule has 3 heteroatoms. The molecule has 0 fully saturated rings. The molecule has 2 aromatic rings. The summed E-state index contributed by atoms with van der Waals surface area (Å²) in [5.41, 5.74) is 11.3. The maximum atomic E-state index is 5.79. The topological polar surface area (TPSA) is 50.9 Å². The van der Waals surface area contributed by atoms with E-state index in [2.05, 4.69) is 56.2 Å². The van der Waals surface area contributed by atoms with Crippen LogP contribution in [0.15, 0.2) is 30.5 Å². The van der Waals surface area contributed by atoms with Gasteiger partial charge in [0.15, 0.2) is 0 Å². The molecule has 2 rings (SSSR count). The first-order chi connectivity index (χ1) is 9.27. The highest BCUT2D eigenvalue weighted by Gasteiger charge is 2.14. The Balaban J connectivity index is 2.28. The summed E-state index contributed by atoms with van der Waals surface area (Å²) in [5, 5.41) is 3.35. The third-order valence-corrected chi connectivity index (χ3v) is 3.51. The van der Waals surface area contributed by atoms with Crippen molar-refractivity contribution in [3.8, 4) is 0 Å². The van der Waals surface area contributed by atoms with Gasteiger partial charge in [0.25, 0.3) is 0 Å². The van der Waals surface area contributed by atoms with E-state index in [0.717, 1.165) is 22.8 Å². The van der Waals surface area contributed by atoms with Gasteiger partial charge in [-0.15, -0.1) is 0 Å². The van der Waals surface area contributed by atoms with E-state index in [0.29, 0.717) is 0 Å². The molecule has 0 spiro atoms. The van der Waals surface area contributed by atoms with Crippen LogP contribution in [0.3, 0.4) is 0 Å². The van der Waals surface area contributed by atoms with Gasteiger partial charge in [-0.2, -0.15) is 0 Å². The summed E-state index contributed by atoms with van der Waals surface area (Å²) >= 11 is 0. The first-order valence-electron chi connectivity index (χ1n) is 6.87. The lowest BCUT2D eigenvalue weighted by atomic mass is 9.86. The van der Waals surface area contributed by atoms with Crippen molar-refractivity contribution >= 4 is 17.2 Å². The Bertz CT molecular complexity index is 625. The van der Waals surface area contributed by atoms with Crippen LogP contribution in [0, 0.1) is 13.8 Å². The van der Waals surface area contributed by atoms with Gasteiger partial charge in [0, 0.05) is 5.69 Å². The van der Waals surface area contributed by atoms with Gasteiger partial charge in [-0.25, -0.2) is 4.98 Å². The first-order valence-corrected chi connectivity index (χ1v) is 6.87. The standard InChI is InChI=1S/C17H23N3/c1-11-9-16(19-10-14(11)18)20-15-7-6-13(8-12(15)2)17(3,4)5/h6-10H,18H2,1-5H3,(H,19,20). The maximum Gasteiger partial charge on any atom is 0.130 e. The van der Waals surface area contributed by atoms with Gasteiger partial charge in [-0.1, -0.05) is 32.9 Å². The Hall–Kier alpha value is -2.03. The van der Waals surface area contributed by atoms with Crippen LogP contribution in [0.2, 0.25) is 0 Å². The number of anilines is 3. The van der Waals surface area contributed by atoms with Crippen molar-refractivity contribution in [1.82, 2.24) is 4.98 Å². The zero-order valence-electron chi connectivity index (χ0n) is 12.9. The second-order valence-electron chi connectivity index (χ2n) is 6.33. The van der Waals surface area contributed by atoms with Crippen LogP contribution in [-0.4, -0.2) is 4.98 Å². The molecule has 20 heavy (non-hydrogen) atoms. The van der Waals surface area contributed by atoms with Crippen LogP contribution in [0.1, 0.15) is 37.5 Å². The number of nitrogen functional groups attached to an aromatic ring is 1. The molecular formula is C17H23N3. The van der Waals surface area contributed by atoms with Crippen LogP contribution in [0.25, 0.3) is 0 Å². The van der Waals surface area contributed by atoms with Gasteiger partial charge in [0.2, 0.25) is 0 Å². The Kier molecular flexibility index (Phi) is 3.71. The van der Waals surface area contributed by atoms with Crippen LogP contribution in [-0.2, 0) is 5.41 Å². The fourth-order valence-corrected chi connectivity index (χ4v) is 2.04. The lowest BCUT2D eigenvalue weighted by Gasteiger charge is -2.21. The molecule has 1 heterocycles. The van der Waals surface area contributed by atoms with Crippen LogP contribution in [0.4, 0.5) is 17.2 Å². The SMILES string of the molecule is Cc1cc(Nc2ccc(C(C)(C)C)cc2C)ncc1N. The monoisotopic (exact) mass is 269 g/mol. The van der Waals surface area contributed by atoms with Crippen molar-refractivity contribution in [2.24, 2.45) is 0 Å². The number of hydrogen-bond acceptors (Lipinski definition) is 3. The predicted octanol–water partition coefficient (Wildman–Crippen LogP) is 4.32. The van der Waals surface area contributed by atoms with Crippen molar-refractivity contribution in [2.45, 2.75) is 40.0 Å². The molecule has 0 aliphatic heterocycles. The average molecular weight is 269 g/mol. The third-order valence-electron chi connectivity index (χ3n) is 3.51. The van der Waals surface area contributed by atoms with Gasteiger partial charge in [0.05, 0.1) is 11.9 Å². The van der Waals surface area contributed by atoms with Gasteiger partial charge >= 0.3 is 0 Å². The quantitative estimate of drug-likeness (QED) is 0.853. The minimum Gasteiger partial charge on any atom is -0.397 e. The van der Waals surface area contributed by atoms with E-state index in [1.54, 1.807) is 6.20 Å². The highest BCUT2D eigenvalue weighted by atomic mass is 15.0. The van der Waals surface area contributed by atoms with Gasteiger partial charge in [0.1, 0.15) is 5.82 Å². The Morgan fingerprint density at radius 2 is 1.75 bits per heavy atom. The maximum absolute atomic E-state index is 5.79. The zero-order chi connectivity index (χ0) is 14.9. The van der Waals surface area contributed by atoms with Crippen molar-refractivity contribution < 1.29 is 0 Å².